The largest absolute Gasteiger partial charge is 0.419 e. The molecule has 152 valence electrons. The zero-order chi connectivity index (χ0) is 20.4. The van der Waals surface area contributed by atoms with Gasteiger partial charge in [-0.15, -0.1) is 0 Å². The van der Waals surface area contributed by atoms with E-state index >= 15 is 0 Å². The molecule has 0 amide bonds. The van der Waals surface area contributed by atoms with E-state index in [0.29, 0.717) is 18.7 Å². The van der Waals surface area contributed by atoms with E-state index in [1.807, 2.05) is 0 Å². The van der Waals surface area contributed by atoms with Crippen LogP contribution in [0.3, 0.4) is 0 Å². The van der Waals surface area contributed by atoms with Gasteiger partial charge in [0.25, 0.3) is 0 Å². The van der Waals surface area contributed by atoms with Crippen LogP contribution in [0, 0.1) is 5.82 Å². The minimum atomic E-state index is -3.93. The van der Waals surface area contributed by atoms with Crippen LogP contribution in [0.25, 0.3) is 11.5 Å². The van der Waals surface area contributed by atoms with E-state index in [1.54, 1.807) is 12.1 Å². The summed E-state index contributed by atoms with van der Waals surface area (Å²) in [6.07, 6.45) is 1.84. The molecule has 0 saturated carbocycles. The fourth-order valence-corrected chi connectivity index (χ4v) is 4.60. The third kappa shape index (κ3) is 4.36. The van der Waals surface area contributed by atoms with E-state index < -0.39 is 15.7 Å². The van der Waals surface area contributed by atoms with Crippen LogP contribution < -0.4 is 5.32 Å². The number of sulfone groups is 1. The average Bonchev–Trinajstić information content (AvgIpc) is 3.37. The highest BCUT2D eigenvalue weighted by molar-refractivity contribution is 9.10. The standard InChI is InChI=1S/C20H18BrFN2O4S/c21-14-5-9-17(10-6-14)29(25,26)20-19(23-12-16-2-1-11-27-16)28-18(24-20)13-3-7-15(22)8-4-13/h3-10,16,23H,1-2,11-12H2/t16-/m0/s1. The fraction of sp³-hybridized carbons (Fsp3) is 0.250. The van der Waals surface area contributed by atoms with Crippen molar-refractivity contribution in [3.63, 3.8) is 0 Å². The van der Waals surface area contributed by atoms with Crippen molar-refractivity contribution in [1.29, 1.82) is 0 Å². The first-order chi connectivity index (χ1) is 13.9. The van der Waals surface area contributed by atoms with Gasteiger partial charge in [0.05, 0.1) is 11.0 Å². The molecule has 9 heteroatoms. The summed E-state index contributed by atoms with van der Waals surface area (Å²) in [5.74, 6) is -0.266. The van der Waals surface area contributed by atoms with Gasteiger partial charge in [-0.05, 0) is 61.4 Å². The maximum Gasteiger partial charge on any atom is 0.233 e. The van der Waals surface area contributed by atoms with E-state index in [2.05, 4.69) is 26.2 Å². The molecule has 0 spiro atoms. The van der Waals surface area contributed by atoms with Gasteiger partial charge in [0.1, 0.15) is 5.82 Å². The van der Waals surface area contributed by atoms with Crippen LogP contribution >= 0.6 is 15.9 Å². The molecule has 1 atom stereocenters. The van der Waals surface area contributed by atoms with Crippen LogP contribution in [0.5, 0.6) is 0 Å². The highest BCUT2D eigenvalue weighted by Crippen LogP contribution is 2.33. The first kappa shape index (κ1) is 20.1. The number of ether oxygens (including phenoxy) is 1. The third-order valence-electron chi connectivity index (χ3n) is 4.58. The van der Waals surface area contributed by atoms with Crippen molar-refractivity contribution in [1.82, 2.24) is 4.98 Å². The first-order valence-corrected chi connectivity index (χ1v) is 11.3. The number of aromatic nitrogens is 1. The Bertz CT molecular complexity index is 1090. The molecule has 0 aliphatic carbocycles. The number of hydrogen-bond acceptors (Lipinski definition) is 6. The molecule has 1 aliphatic heterocycles. The van der Waals surface area contributed by atoms with Gasteiger partial charge >= 0.3 is 0 Å². The third-order valence-corrected chi connectivity index (χ3v) is 6.79. The molecule has 6 nitrogen and oxygen atoms in total. The molecule has 1 saturated heterocycles. The maximum atomic E-state index is 13.2. The van der Waals surface area contributed by atoms with E-state index in [0.717, 1.165) is 17.3 Å². The summed E-state index contributed by atoms with van der Waals surface area (Å²) in [4.78, 5) is 4.33. The Kier molecular flexibility index (Phi) is 5.71. The molecule has 0 unspecified atom stereocenters. The van der Waals surface area contributed by atoms with Crippen LogP contribution in [0.4, 0.5) is 10.3 Å². The summed E-state index contributed by atoms with van der Waals surface area (Å²) in [5.41, 5.74) is 0.476. The highest BCUT2D eigenvalue weighted by Gasteiger charge is 2.29. The Labute approximate surface area is 176 Å². The van der Waals surface area contributed by atoms with Crippen LogP contribution in [-0.2, 0) is 14.6 Å². The smallest absolute Gasteiger partial charge is 0.233 e. The van der Waals surface area contributed by atoms with Gasteiger partial charge < -0.3 is 14.5 Å². The molecule has 0 radical (unpaired) electrons. The lowest BCUT2D eigenvalue weighted by atomic mass is 10.2. The predicted molar refractivity (Wildman–Crippen MR) is 109 cm³/mol. The topological polar surface area (TPSA) is 81.4 Å². The second-order valence-corrected chi connectivity index (χ2v) is 9.41. The van der Waals surface area contributed by atoms with Crippen LogP contribution in [0.1, 0.15) is 12.8 Å². The van der Waals surface area contributed by atoms with Crippen molar-refractivity contribution in [2.24, 2.45) is 0 Å². The SMILES string of the molecule is O=S(=O)(c1ccc(Br)cc1)c1nc(-c2ccc(F)cc2)oc1NC[C@@H]1CCCO1. The Morgan fingerprint density at radius 1 is 1.14 bits per heavy atom. The zero-order valence-corrected chi connectivity index (χ0v) is 17.7. The number of nitrogens with zero attached hydrogens (tertiary/aromatic N) is 1. The molecule has 1 aromatic heterocycles. The molecule has 3 aromatic rings. The minimum Gasteiger partial charge on any atom is -0.419 e. The van der Waals surface area contributed by atoms with Gasteiger partial charge in [0.15, 0.2) is 0 Å². The Hall–Kier alpha value is -2.23. The molecular weight excluding hydrogens is 463 g/mol. The van der Waals surface area contributed by atoms with Crippen molar-refractivity contribution < 1.29 is 22.0 Å². The molecular formula is C20H18BrFN2O4S. The van der Waals surface area contributed by atoms with Gasteiger partial charge in [0, 0.05) is 23.2 Å². The Morgan fingerprint density at radius 3 is 2.52 bits per heavy atom. The zero-order valence-electron chi connectivity index (χ0n) is 15.3. The van der Waals surface area contributed by atoms with Crippen molar-refractivity contribution in [2.45, 2.75) is 28.9 Å². The van der Waals surface area contributed by atoms with Gasteiger partial charge in [0.2, 0.25) is 26.6 Å². The molecule has 1 N–H and O–H groups in total. The van der Waals surface area contributed by atoms with Crippen molar-refractivity contribution >= 4 is 31.7 Å². The fourth-order valence-electron chi connectivity index (χ4n) is 3.05. The van der Waals surface area contributed by atoms with E-state index in [4.69, 9.17) is 9.15 Å². The van der Waals surface area contributed by atoms with Crippen LogP contribution in [0.15, 0.2) is 67.3 Å². The number of anilines is 1. The summed E-state index contributed by atoms with van der Waals surface area (Å²) < 4.78 is 51.7. The van der Waals surface area contributed by atoms with Gasteiger partial charge in [-0.1, -0.05) is 15.9 Å². The summed E-state index contributed by atoms with van der Waals surface area (Å²) in [6, 6.07) is 11.8. The summed E-state index contributed by atoms with van der Waals surface area (Å²) in [7, 11) is -3.93. The Morgan fingerprint density at radius 2 is 1.86 bits per heavy atom. The van der Waals surface area contributed by atoms with E-state index in [1.165, 1.54) is 36.4 Å². The number of oxazole rings is 1. The predicted octanol–water partition coefficient (Wildman–Crippen LogP) is 4.67. The number of benzene rings is 2. The monoisotopic (exact) mass is 480 g/mol. The van der Waals surface area contributed by atoms with Gasteiger partial charge in [-0.25, -0.2) is 12.8 Å². The minimum absolute atomic E-state index is 0.0161. The second kappa shape index (κ2) is 8.25. The quantitative estimate of drug-likeness (QED) is 0.552. The summed E-state index contributed by atoms with van der Waals surface area (Å²) >= 11 is 3.30. The molecule has 2 aromatic carbocycles. The average molecular weight is 481 g/mol. The summed E-state index contributed by atoms with van der Waals surface area (Å²) in [5, 5.41) is 2.82. The molecule has 0 bridgehead atoms. The highest BCUT2D eigenvalue weighted by atomic mass is 79.9. The van der Waals surface area contributed by atoms with Gasteiger partial charge in [-0.2, -0.15) is 4.98 Å². The van der Waals surface area contributed by atoms with Crippen LogP contribution in [0.2, 0.25) is 0 Å². The van der Waals surface area contributed by atoms with Crippen molar-refractivity contribution in [3.8, 4) is 11.5 Å². The molecule has 29 heavy (non-hydrogen) atoms. The van der Waals surface area contributed by atoms with Crippen molar-refractivity contribution in [2.75, 3.05) is 18.5 Å². The summed E-state index contributed by atoms with van der Waals surface area (Å²) in [6.45, 7) is 1.09. The maximum absolute atomic E-state index is 13.2. The number of nitrogens with one attached hydrogen (secondary N) is 1. The lowest BCUT2D eigenvalue weighted by Gasteiger charge is -2.10. The lowest BCUT2D eigenvalue weighted by Crippen LogP contribution is -2.19. The molecule has 1 fully saturated rings. The number of hydrogen-bond donors (Lipinski definition) is 1. The van der Waals surface area contributed by atoms with Crippen LogP contribution in [-0.4, -0.2) is 32.7 Å². The normalized spacial score (nSPS) is 16.8. The molecule has 4 rings (SSSR count). The molecule has 1 aliphatic rings. The van der Waals surface area contributed by atoms with Crippen molar-refractivity contribution in [3.05, 3.63) is 58.8 Å². The van der Waals surface area contributed by atoms with E-state index in [9.17, 15) is 12.8 Å². The lowest BCUT2D eigenvalue weighted by molar-refractivity contribution is 0.120. The number of rotatable bonds is 6. The number of halogens is 2. The van der Waals surface area contributed by atoms with Gasteiger partial charge in [-0.3, -0.25) is 0 Å². The first-order valence-electron chi connectivity index (χ1n) is 9.06. The Balaban J connectivity index is 1.73. The van der Waals surface area contributed by atoms with E-state index in [-0.39, 0.29) is 27.8 Å². The second-order valence-electron chi connectivity index (χ2n) is 6.63. The molecule has 2 heterocycles.